The van der Waals surface area contributed by atoms with Crippen molar-refractivity contribution in [3.05, 3.63) is 35.7 Å². The van der Waals surface area contributed by atoms with Gasteiger partial charge in [0, 0.05) is 13.6 Å². The molecule has 2 rings (SSSR count). The number of sulfonamides is 1. The molecule has 0 atom stereocenters. The molecule has 2 aromatic rings. The first kappa shape index (κ1) is 18.3. The summed E-state index contributed by atoms with van der Waals surface area (Å²) in [6.45, 7) is 6.14. The second-order valence-corrected chi connectivity index (χ2v) is 7.21. The number of aromatic nitrogens is 1. The molecule has 1 aromatic carbocycles. The third kappa shape index (κ3) is 4.07. The van der Waals surface area contributed by atoms with Crippen LogP contribution >= 0.6 is 0 Å². The summed E-state index contributed by atoms with van der Waals surface area (Å²) in [6.07, 6.45) is 0. The van der Waals surface area contributed by atoms with Gasteiger partial charge in [-0.25, -0.2) is 8.42 Å². The van der Waals surface area contributed by atoms with E-state index in [-0.39, 0.29) is 23.8 Å². The Bertz CT molecular complexity index is 749. The van der Waals surface area contributed by atoms with E-state index in [9.17, 15) is 8.42 Å². The summed E-state index contributed by atoms with van der Waals surface area (Å²) in [6, 6.07) is 7.19. The molecule has 0 saturated heterocycles. The van der Waals surface area contributed by atoms with Crippen LogP contribution in [0.4, 0.5) is 0 Å². The molecule has 0 fully saturated rings. The minimum absolute atomic E-state index is 0.117. The van der Waals surface area contributed by atoms with Crippen molar-refractivity contribution in [2.24, 2.45) is 0 Å². The normalized spacial score (nSPS) is 11.7. The van der Waals surface area contributed by atoms with Gasteiger partial charge in [-0.15, -0.1) is 0 Å². The van der Waals surface area contributed by atoms with Crippen molar-refractivity contribution in [3.8, 4) is 11.5 Å². The summed E-state index contributed by atoms with van der Waals surface area (Å²) in [5.41, 5.74) is 0.354. The average Bonchev–Trinajstić information content (AvgIpc) is 2.88. The van der Waals surface area contributed by atoms with Gasteiger partial charge in [-0.1, -0.05) is 5.16 Å². The molecule has 1 heterocycles. The predicted octanol–water partition coefficient (Wildman–Crippen LogP) is 2.39. The Kier molecular flexibility index (Phi) is 5.84. The molecule has 0 unspecified atom stereocenters. The lowest BCUT2D eigenvalue weighted by Gasteiger charge is -2.17. The molecular formula is C16H22N2O5S. The second kappa shape index (κ2) is 7.67. The van der Waals surface area contributed by atoms with Crippen molar-refractivity contribution in [2.45, 2.75) is 25.7 Å². The van der Waals surface area contributed by atoms with Gasteiger partial charge in [0.15, 0.2) is 5.76 Å². The van der Waals surface area contributed by atoms with Gasteiger partial charge in [0.05, 0.1) is 6.61 Å². The number of ether oxygens (including phenoxy) is 2. The molecule has 24 heavy (non-hydrogen) atoms. The lowest BCUT2D eigenvalue weighted by atomic mass is 10.3. The highest BCUT2D eigenvalue weighted by Gasteiger charge is 2.28. The van der Waals surface area contributed by atoms with Crippen LogP contribution in [-0.2, 0) is 10.0 Å². The highest BCUT2D eigenvalue weighted by atomic mass is 32.2. The third-order valence-electron chi connectivity index (χ3n) is 3.45. The summed E-state index contributed by atoms with van der Waals surface area (Å²) in [5.74, 6) is 1.70. The van der Waals surface area contributed by atoms with Crippen molar-refractivity contribution in [3.63, 3.8) is 0 Å². The SMILES string of the molecule is CCOc1ccc(OCCN(C)S(=O)(=O)c2c(C)noc2C)cc1. The van der Waals surface area contributed by atoms with Gasteiger partial charge in [-0.2, -0.15) is 4.31 Å². The number of hydrogen-bond acceptors (Lipinski definition) is 6. The predicted molar refractivity (Wildman–Crippen MR) is 88.9 cm³/mol. The standard InChI is InChI=1S/C16H22N2O5S/c1-5-21-14-6-8-15(9-7-14)22-11-10-18(4)24(19,20)16-12(2)17-23-13(16)3/h6-9H,5,10-11H2,1-4H3. The minimum Gasteiger partial charge on any atom is -0.494 e. The quantitative estimate of drug-likeness (QED) is 0.724. The third-order valence-corrected chi connectivity index (χ3v) is 5.55. The molecule has 7 nitrogen and oxygen atoms in total. The molecule has 0 aliphatic heterocycles. The monoisotopic (exact) mass is 354 g/mol. The van der Waals surface area contributed by atoms with Gasteiger partial charge in [0.1, 0.15) is 28.7 Å². The average molecular weight is 354 g/mol. The van der Waals surface area contributed by atoms with Crippen LogP contribution in [0.2, 0.25) is 0 Å². The number of aryl methyl sites for hydroxylation is 2. The van der Waals surface area contributed by atoms with Crippen LogP contribution < -0.4 is 9.47 Å². The maximum absolute atomic E-state index is 12.5. The second-order valence-electron chi connectivity index (χ2n) is 5.23. The van der Waals surface area contributed by atoms with Crippen molar-refractivity contribution < 1.29 is 22.4 Å². The van der Waals surface area contributed by atoms with Crippen molar-refractivity contribution in [2.75, 3.05) is 26.8 Å². The Morgan fingerprint density at radius 1 is 1.12 bits per heavy atom. The minimum atomic E-state index is -3.65. The molecule has 0 aliphatic carbocycles. The fraction of sp³-hybridized carbons (Fsp3) is 0.438. The van der Waals surface area contributed by atoms with E-state index < -0.39 is 10.0 Å². The molecule has 1 aromatic heterocycles. The first-order valence-electron chi connectivity index (χ1n) is 7.61. The van der Waals surface area contributed by atoms with Crippen LogP contribution in [0.5, 0.6) is 11.5 Å². The zero-order valence-corrected chi connectivity index (χ0v) is 15.1. The lowest BCUT2D eigenvalue weighted by Crippen LogP contribution is -2.31. The van der Waals surface area contributed by atoms with Crippen LogP contribution in [0, 0.1) is 13.8 Å². The van der Waals surface area contributed by atoms with Crippen molar-refractivity contribution >= 4 is 10.0 Å². The van der Waals surface area contributed by atoms with Gasteiger partial charge >= 0.3 is 0 Å². The number of likely N-dealkylation sites (N-methyl/N-ethyl adjacent to an activating group) is 1. The molecule has 8 heteroatoms. The number of benzene rings is 1. The van der Waals surface area contributed by atoms with Crippen molar-refractivity contribution in [1.82, 2.24) is 9.46 Å². The van der Waals surface area contributed by atoms with E-state index in [1.165, 1.54) is 11.4 Å². The summed E-state index contributed by atoms with van der Waals surface area (Å²) in [7, 11) is -2.15. The Morgan fingerprint density at radius 2 is 1.71 bits per heavy atom. The molecule has 132 valence electrons. The topological polar surface area (TPSA) is 81.9 Å². The van der Waals surface area contributed by atoms with Gasteiger partial charge < -0.3 is 14.0 Å². The Hall–Kier alpha value is -2.06. The molecule has 0 radical (unpaired) electrons. The largest absolute Gasteiger partial charge is 0.494 e. The van der Waals surface area contributed by atoms with Crippen LogP contribution in [0.25, 0.3) is 0 Å². The molecule has 0 saturated carbocycles. The van der Waals surface area contributed by atoms with E-state index in [1.54, 1.807) is 26.0 Å². The zero-order valence-electron chi connectivity index (χ0n) is 14.3. The Balaban J connectivity index is 1.94. The Labute approximate surface area is 142 Å². The molecular weight excluding hydrogens is 332 g/mol. The van der Waals surface area contributed by atoms with Crippen LogP contribution in [0.1, 0.15) is 18.4 Å². The fourth-order valence-electron chi connectivity index (χ4n) is 2.21. The number of hydrogen-bond donors (Lipinski definition) is 0. The first-order chi connectivity index (χ1) is 11.4. The maximum Gasteiger partial charge on any atom is 0.248 e. The number of nitrogens with zero attached hydrogens (tertiary/aromatic N) is 2. The molecule has 0 N–H and O–H groups in total. The lowest BCUT2D eigenvalue weighted by molar-refractivity contribution is 0.285. The summed E-state index contributed by atoms with van der Waals surface area (Å²) in [4.78, 5) is 0.117. The Morgan fingerprint density at radius 3 is 2.21 bits per heavy atom. The van der Waals surface area contributed by atoms with Gasteiger partial charge in [-0.3, -0.25) is 0 Å². The van der Waals surface area contributed by atoms with E-state index in [0.29, 0.717) is 18.1 Å². The first-order valence-corrected chi connectivity index (χ1v) is 9.05. The van der Waals surface area contributed by atoms with Crippen LogP contribution in [0.15, 0.2) is 33.7 Å². The summed E-state index contributed by atoms with van der Waals surface area (Å²) in [5, 5.41) is 3.69. The molecule has 0 amide bonds. The zero-order chi connectivity index (χ0) is 17.7. The van der Waals surface area contributed by atoms with Gasteiger partial charge in [0.25, 0.3) is 0 Å². The van der Waals surface area contributed by atoms with Crippen LogP contribution in [0.3, 0.4) is 0 Å². The van der Waals surface area contributed by atoms with E-state index >= 15 is 0 Å². The molecule has 0 aliphatic rings. The van der Waals surface area contributed by atoms with Crippen molar-refractivity contribution in [1.29, 1.82) is 0 Å². The smallest absolute Gasteiger partial charge is 0.248 e. The van der Waals surface area contributed by atoms with E-state index in [0.717, 1.165) is 5.75 Å². The van der Waals surface area contributed by atoms with Gasteiger partial charge in [-0.05, 0) is 45.0 Å². The van der Waals surface area contributed by atoms with E-state index in [1.807, 2.05) is 19.1 Å². The highest BCUT2D eigenvalue weighted by molar-refractivity contribution is 7.89. The molecule has 0 bridgehead atoms. The fourth-order valence-corrected chi connectivity index (χ4v) is 3.65. The summed E-state index contributed by atoms with van der Waals surface area (Å²) >= 11 is 0. The number of rotatable bonds is 8. The van der Waals surface area contributed by atoms with Gasteiger partial charge in [0.2, 0.25) is 10.0 Å². The summed E-state index contributed by atoms with van der Waals surface area (Å²) < 4.78 is 42.2. The van der Waals surface area contributed by atoms with E-state index in [2.05, 4.69) is 5.16 Å². The molecule has 0 spiro atoms. The van der Waals surface area contributed by atoms with E-state index in [4.69, 9.17) is 14.0 Å². The highest BCUT2D eigenvalue weighted by Crippen LogP contribution is 2.22. The van der Waals surface area contributed by atoms with Crippen LogP contribution in [-0.4, -0.2) is 44.7 Å². The maximum atomic E-state index is 12.5.